The van der Waals surface area contributed by atoms with Gasteiger partial charge in [0.15, 0.2) is 0 Å². The predicted molar refractivity (Wildman–Crippen MR) is 88.2 cm³/mol. The summed E-state index contributed by atoms with van der Waals surface area (Å²) in [4.78, 5) is 10.9. The van der Waals surface area contributed by atoms with Crippen LogP contribution in [0.3, 0.4) is 0 Å². The van der Waals surface area contributed by atoms with Crippen LogP contribution in [-0.2, 0) is 11.2 Å². The molecule has 22 heavy (non-hydrogen) atoms. The Bertz CT molecular complexity index is 446. The first-order chi connectivity index (χ1) is 10.6. The van der Waals surface area contributed by atoms with Gasteiger partial charge in [-0.05, 0) is 42.9 Å². The Hall–Kier alpha value is -1.51. The molecule has 1 aliphatic rings. The van der Waals surface area contributed by atoms with E-state index in [2.05, 4.69) is 0 Å². The molecule has 3 heteroatoms. The molecule has 3 nitrogen and oxygen atoms in total. The Kier molecular flexibility index (Phi) is 6.75. The molecule has 2 rings (SSSR count). The maximum absolute atomic E-state index is 10.9. The predicted octanol–water partition coefficient (Wildman–Crippen LogP) is 4.69. The Labute approximate surface area is 133 Å². The molecule has 0 radical (unpaired) electrons. The maximum atomic E-state index is 10.9. The summed E-state index contributed by atoms with van der Waals surface area (Å²) in [5, 5.41) is 8.92. The molecule has 0 aliphatic heterocycles. The van der Waals surface area contributed by atoms with Gasteiger partial charge in [-0.15, -0.1) is 0 Å². The van der Waals surface area contributed by atoms with Crippen LogP contribution in [0.1, 0.15) is 57.4 Å². The van der Waals surface area contributed by atoms with Crippen LogP contribution in [0.5, 0.6) is 5.75 Å². The van der Waals surface area contributed by atoms with Crippen molar-refractivity contribution in [2.75, 3.05) is 6.61 Å². The highest BCUT2D eigenvalue weighted by molar-refractivity contribution is 5.69. The minimum absolute atomic E-state index is 0.345. The number of carboxylic acid groups (broad SMARTS) is 1. The van der Waals surface area contributed by atoms with E-state index in [-0.39, 0.29) is 5.92 Å². The zero-order valence-electron chi connectivity index (χ0n) is 13.6. The van der Waals surface area contributed by atoms with Crippen molar-refractivity contribution in [3.63, 3.8) is 0 Å². The van der Waals surface area contributed by atoms with E-state index in [4.69, 9.17) is 9.84 Å². The number of benzene rings is 1. The van der Waals surface area contributed by atoms with E-state index < -0.39 is 5.97 Å². The fourth-order valence-electron chi connectivity index (χ4n) is 3.20. The molecule has 0 amide bonds. The first-order valence-electron chi connectivity index (χ1n) is 8.59. The zero-order valence-corrected chi connectivity index (χ0v) is 13.6. The topological polar surface area (TPSA) is 46.5 Å². The Morgan fingerprint density at radius 3 is 2.55 bits per heavy atom. The molecule has 122 valence electrons. The van der Waals surface area contributed by atoms with E-state index in [0.29, 0.717) is 6.42 Å². The lowest BCUT2D eigenvalue weighted by molar-refractivity contribution is -0.141. The third-order valence-corrected chi connectivity index (χ3v) is 4.64. The average molecular weight is 304 g/mol. The number of carboxylic acids is 1. The first-order valence-corrected chi connectivity index (χ1v) is 8.59. The fourth-order valence-corrected chi connectivity index (χ4v) is 3.20. The highest BCUT2D eigenvalue weighted by Gasteiger charge is 2.13. The summed E-state index contributed by atoms with van der Waals surface area (Å²) >= 11 is 0. The summed E-state index contributed by atoms with van der Waals surface area (Å²) in [5.41, 5.74) is 1.05. The second-order valence-electron chi connectivity index (χ2n) is 6.58. The maximum Gasteiger partial charge on any atom is 0.306 e. The van der Waals surface area contributed by atoms with Crippen molar-refractivity contribution in [3.05, 3.63) is 29.8 Å². The zero-order chi connectivity index (χ0) is 15.8. The number of aliphatic carboxylic acids is 1. The molecule has 1 N–H and O–H groups in total. The van der Waals surface area contributed by atoms with E-state index in [1.54, 1.807) is 6.92 Å². The molecule has 0 heterocycles. The van der Waals surface area contributed by atoms with Crippen LogP contribution in [0.15, 0.2) is 24.3 Å². The average Bonchev–Trinajstić information content (AvgIpc) is 2.54. The van der Waals surface area contributed by atoms with Gasteiger partial charge in [-0.2, -0.15) is 0 Å². The molecule has 1 aromatic carbocycles. The van der Waals surface area contributed by atoms with Crippen LogP contribution in [0.25, 0.3) is 0 Å². The van der Waals surface area contributed by atoms with E-state index in [9.17, 15) is 4.79 Å². The van der Waals surface area contributed by atoms with E-state index >= 15 is 0 Å². The van der Waals surface area contributed by atoms with Gasteiger partial charge in [0.2, 0.25) is 0 Å². The van der Waals surface area contributed by atoms with Crippen LogP contribution in [0, 0.1) is 11.8 Å². The molecule has 0 bridgehead atoms. The Balaban J connectivity index is 1.66. The highest BCUT2D eigenvalue weighted by Crippen LogP contribution is 2.27. The summed E-state index contributed by atoms with van der Waals surface area (Å²) in [7, 11) is 0. The smallest absolute Gasteiger partial charge is 0.306 e. The molecular formula is C19H28O3. The van der Waals surface area contributed by atoms with Crippen LogP contribution in [-0.4, -0.2) is 17.7 Å². The number of hydrogen-bond acceptors (Lipinski definition) is 2. The molecule has 0 aromatic heterocycles. The number of ether oxygens (including phenoxy) is 1. The third-order valence-electron chi connectivity index (χ3n) is 4.64. The summed E-state index contributed by atoms with van der Waals surface area (Å²) in [6.07, 6.45) is 10.0. The third kappa shape index (κ3) is 5.70. The lowest BCUT2D eigenvalue weighted by Gasteiger charge is -2.21. The van der Waals surface area contributed by atoms with Crippen molar-refractivity contribution in [3.8, 4) is 5.75 Å². The molecule has 1 aromatic rings. The van der Waals surface area contributed by atoms with E-state index in [1.165, 1.54) is 38.5 Å². The van der Waals surface area contributed by atoms with Crippen molar-refractivity contribution < 1.29 is 14.6 Å². The van der Waals surface area contributed by atoms with Gasteiger partial charge in [0.05, 0.1) is 12.5 Å². The molecule has 1 aliphatic carbocycles. The Morgan fingerprint density at radius 1 is 1.23 bits per heavy atom. The number of hydrogen-bond donors (Lipinski definition) is 1. The normalized spacial score (nSPS) is 17.1. The van der Waals surface area contributed by atoms with E-state index in [0.717, 1.165) is 30.3 Å². The van der Waals surface area contributed by atoms with Crippen LogP contribution in [0.4, 0.5) is 0 Å². The second-order valence-corrected chi connectivity index (χ2v) is 6.58. The van der Waals surface area contributed by atoms with Gasteiger partial charge in [0.25, 0.3) is 0 Å². The van der Waals surface area contributed by atoms with Gasteiger partial charge in [-0.1, -0.05) is 51.2 Å². The summed E-state index contributed by atoms with van der Waals surface area (Å²) in [6.45, 7) is 2.51. The molecule has 0 spiro atoms. The quantitative estimate of drug-likeness (QED) is 0.709. The standard InChI is InChI=1S/C19H28O3/c1-15(19(20)21)14-17-9-11-18(12-10-17)22-13-5-8-16-6-3-2-4-7-16/h9-12,15-16H,2-8,13-14H2,1H3,(H,20,21). The monoisotopic (exact) mass is 304 g/mol. The molecule has 0 saturated heterocycles. The summed E-state index contributed by atoms with van der Waals surface area (Å²) in [6, 6.07) is 7.83. The lowest BCUT2D eigenvalue weighted by atomic mass is 9.86. The summed E-state index contributed by atoms with van der Waals surface area (Å²) < 4.78 is 5.79. The molecule has 1 saturated carbocycles. The highest BCUT2D eigenvalue weighted by atomic mass is 16.5. The molecule has 1 fully saturated rings. The molecule has 1 unspecified atom stereocenters. The van der Waals surface area contributed by atoms with Gasteiger partial charge in [0.1, 0.15) is 5.75 Å². The largest absolute Gasteiger partial charge is 0.494 e. The van der Waals surface area contributed by atoms with Gasteiger partial charge < -0.3 is 9.84 Å². The van der Waals surface area contributed by atoms with Crippen LogP contribution in [0.2, 0.25) is 0 Å². The second kappa shape index (κ2) is 8.82. The molecule has 1 atom stereocenters. The van der Waals surface area contributed by atoms with Gasteiger partial charge in [-0.25, -0.2) is 0 Å². The van der Waals surface area contributed by atoms with Crippen molar-refractivity contribution in [1.82, 2.24) is 0 Å². The summed E-state index contributed by atoms with van der Waals surface area (Å²) in [5.74, 6) is 0.706. The number of carbonyl (C=O) groups is 1. The number of rotatable bonds is 8. The Morgan fingerprint density at radius 2 is 1.91 bits per heavy atom. The minimum Gasteiger partial charge on any atom is -0.494 e. The van der Waals surface area contributed by atoms with Gasteiger partial charge >= 0.3 is 5.97 Å². The van der Waals surface area contributed by atoms with Gasteiger partial charge in [0, 0.05) is 0 Å². The van der Waals surface area contributed by atoms with Crippen molar-refractivity contribution >= 4 is 5.97 Å². The van der Waals surface area contributed by atoms with E-state index in [1.807, 2.05) is 24.3 Å². The SMILES string of the molecule is CC(Cc1ccc(OCCCC2CCCCC2)cc1)C(=O)O. The van der Waals surface area contributed by atoms with Crippen molar-refractivity contribution in [2.45, 2.75) is 58.3 Å². The first kappa shape index (κ1) is 16.9. The lowest BCUT2D eigenvalue weighted by Crippen LogP contribution is -2.12. The minimum atomic E-state index is -0.747. The van der Waals surface area contributed by atoms with Crippen LogP contribution >= 0.6 is 0 Å². The van der Waals surface area contributed by atoms with Crippen LogP contribution < -0.4 is 4.74 Å². The van der Waals surface area contributed by atoms with Gasteiger partial charge in [-0.3, -0.25) is 4.79 Å². The molecular weight excluding hydrogens is 276 g/mol. The van der Waals surface area contributed by atoms with Crippen molar-refractivity contribution in [1.29, 1.82) is 0 Å². The van der Waals surface area contributed by atoms with Crippen molar-refractivity contribution in [2.24, 2.45) is 11.8 Å². The fraction of sp³-hybridized carbons (Fsp3) is 0.632.